The third-order valence-corrected chi connectivity index (χ3v) is 4.59. The predicted octanol–water partition coefficient (Wildman–Crippen LogP) is 4.88. The first-order chi connectivity index (χ1) is 15.2. The Morgan fingerprint density at radius 3 is 2.71 bits per heavy atom. The van der Waals surface area contributed by atoms with E-state index < -0.39 is 0 Å². The second kappa shape index (κ2) is 9.54. The number of nitrogens with zero attached hydrogens (tertiary/aromatic N) is 2. The number of rotatable bonds is 7. The fourth-order valence-corrected chi connectivity index (χ4v) is 3.02. The third kappa shape index (κ3) is 5.45. The SMILES string of the molecule is Cc1ccc2nc(COc3ccc(C(=O)N/N=C/C=C/c4ccccc4)cc3)[nH]c2c1. The molecule has 3 aromatic carbocycles. The fraction of sp³-hybridized carbons (Fsp3) is 0.0800. The van der Waals surface area contributed by atoms with E-state index in [1.165, 1.54) is 11.8 Å². The number of fused-ring (bicyclic) bond motifs is 1. The average Bonchev–Trinajstić information content (AvgIpc) is 3.20. The quantitative estimate of drug-likeness (QED) is 0.337. The first kappa shape index (κ1) is 20.1. The molecule has 0 saturated heterocycles. The highest BCUT2D eigenvalue weighted by atomic mass is 16.5. The van der Waals surface area contributed by atoms with Gasteiger partial charge in [-0.15, -0.1) is 0 Å². The van der Waals surface area contributed by atoms with Gasteiger partial charge in [-0.05, 0) is 60.5 Å². The number of aryl methyl sites for hydroxylation is 1. The van der Waals surface area contributed by atoms with Crippen molar-refractivity contribution < 1.29 is 9.53 Å². The maximum absolute atomic E-state index is 12.2. The minimum atomic E-state index is -0.288. The molecular weight excluding hydrogens is 388 g/mol. The number of benzene rings is 3. The molecule has 1 aromatic heterocycles. The second-order valence-corrected chi connectivity index (χ2v) is 7.01. The van der Waals surface area contributed by atoms with Gasteiger partial charge in [0, 0.05) is 11.8 Å². The van der Waals surface area contributed by atoms with Crippen molar-refractivity contribution in [3.8, 4) is 5.75 Å². The zero-order valence-electron chi connectivity index (χ0n) is 17.1. The summed E-state index contributed by atoms with van der Waals surface area (Å²) < 4.78 is 5.78. The van der Waals surface area contributed by atoms with E-state index in [0.717, 1.165) is 22.4 Å². The molecule has 4 aromatic rings. The number of H-pyrrole nitrogens is 1. The van der Waals surface area contributed by atoms with Crippen molar-refractivity contribution in [3.05, 3.63) is 101 Å². The van der Waals surface area contributed by atoms with E-state index in [0.29, 0.717) is 17.9 Å². The molecule has 0 spiro atoms. The van der Waals surface area contributed by atoms with Gasteiger partial charge in [-0.2, -0.15) is 5.10 Å². The van der Waals surface area contributed by atoms with Crippen LogP contribution in [0.4, 0.5) is 0 Å². The summed E-state index contributed by atoms with van der Waals surface area (Å²) in [5.41, 5.74) is 7.14. The molecule has 31 heavy (non-hydrogen) atoms. The van der Waals surface area contributed by atoms with Crippen LogP contribution < -0.4 is 10.2 Å². The van der Waals surface area contributed by atoms with Gasteiger partial charge in [-0.1, -0.05) is 42.5 Å². The van der Waals surface area contributed by atoms with Crippen LogP contribution in [0, 0.1) is 6.92 Å². The summed E-state index contributed by atoms with van der Waals surface area (Å²) >= 11 is 0. The maximum Gasteiger partial charge on any atom is 0.271 e. The molecule has 0 aliphatic rings. The molecule has 0 aliphatic carbocycles. The van der Waals surface area contributed by atoms with Crippen molar-refractivity contribution in [2.24, 2.45) is 5.10 Å². The van der Waals surface area contributed by atoms with E-state index in [1.54, 1.807) is 30.3 Å². The van der Waals surface area contributed by atoms with E-state index in [1.807, 2.05) is 55.5 Å². The molecule has 1 heterocycles. The Morgan fingerprint density at radius 1 is 1.10 bits per heavy atom. The Labute approximate surface area is 180 Å². The van der Waals surface area contributed by atoms with E-state index in [-0.39, 0.29) is 5.91 Å². The number of ether oxygens (including phenoxy) is 1. The summed E-state index contributed by atoms with van der Waals surface area (Å²) in [4.78, 5) is 20.0. The highest BCUT2D eigenvalue weighted by molar-refractivity contribution is 5.94. The molecule has 2 N–H and O–H groups in total. The van der Waals surface area contributed by atoms with Gasteiger partial charge >= 0.3 is 0 Å². The third-order valence-electron chi connectivity index (χ3n) is 4.59. The Kier molecular flexibility index (Phi) is 6.18. The molecule has 6 nitrogen and oxygen atoms in total. The molecule has 0 fully saturated rings. The molecular formula is C25H22N4O2. The maximum atomic E-state index is 12.2. The molecule has 154 valence electrons. The lowest BCUT2D eigenvalue weighted by Crippen LogP contribution is -2.17. The van der Waals surface area contributed by atoms with Crippen molar-refractivity contribution in [2.75, 3.05) is 0 Å². The van der Waals surface area contributed by atoms with Crippen LogP contribution in [0.2, 0.25) is 0 Å². The molecule has 0 bridgehead atoms. The lowest BCUT2D eigenvalue weighted by molar-refractivity contribution is 0.0955. The zero-order valence-corrected chi connectivity index (χ0v) is 17.1. The highest BCUT2D eigenvalue weighted by Crippen LogP contribution is 2.16. The number of hydrazone groups is 1. The molecule has 0 radical (unpaired) electrons. The molecule has 6 heteroatoms. The minimum Gasteiger partial charge on any atom is -0.486 e. The van der Waals surface area contributed by atoms with E-state index >= 15 is 0 Å². The Bertz CT molecular complexity index is 1230. The molecule has 0 aliphatic heterocycles. The van der Waals surface area contributed by atoms with Gasteiger partial charge in [0.15, 0.2) is 0 Å². The number of allylic oxidation sites excluding steroid dienone is 1. The summed E-state index contributed by atoms with van der Waals surface area (Å²) in [5.74, 6) is 1.12. The van der Waals surface area contributed by atoms with Gasteiger partial charge < -0.3 is 9.72 Å². The zero-order chi connectivity index (χ0) is 21.5. The molecule has 0 atom stereocenters. The van der Waals surface area contributed by atoms with Crippen LogP contribution in [0.1, 0.15) is 27.3 Å². The van der Waals surface area contributed by atoms with Crippen LogP contribution in [0.5, 0.6) is 5.75 Å². The smallest absolute Gasteiger partial charge is 0.271 e. The number of hydrogen-bond acceptors (Lipinski definition) is 4. The highest BCUT2D eigenvalue weighted by Gasteiger charge is 2.06. The monoisotopic (exact) mass is 410 g/mol. The summed E-state index contributed by atoms with van der Waals surface area (Å²) in [6.45, 7) is 2.36. The van der Waals surface area contributed by atoms with E-state index in [2.05, 4.69) is 26.6 Å². The predicted molar refractivity (Wildman–Crippen MR) is 123 cm³/mol. The Hall–Kier alpha value is -4.19. The summed E-state index contributed by atoms with van der Waals surface area (Å²) in [5, 5.41) is 3.93. The van der Waals surface area contributed by atoms with Crippen molar-refractivity contribution in [1.82, 2.24) is 15.4 Å². The van der Waals surface area contributed by atoms with Crippen LogP contribution >= 0.6 is 0 Å². The standard InChI is InChI=1S/C25H22N4O2/c1-18-9-14-22-23(16-18)28-24(27-22)17-31-21-12-10-20(11-13-21)25(30)29-26-15-5-8-19-6-3-2-4-7-19/h2-16H,17H2,1H3,(H,27,28)(H,29,30)/b8-5+,26-15+. The Morgan fingerprint density at radius 2 is 1.90 bits per heavy atom. The molecule has 1 amide bonds. The van der Waals surface area contributed by atoms with Gasteiger partial charge in [0.1, 0.15) is 18.2 Å². The van der Waals surface area contributed by atoms with Gasteiger partial charge in [-0.3, -0.25) is 4.79 Å². The summed E-state index contributed by atoms with van der Waals surface area (Å²) in [6, 6.07) is 22.8. The van der Waals surface area contributed by atoms with Gasteiger partial charge in [0.05, 0.1) is 11.0 Å². The van der Waals surface area contributed by atoms with Gasteiger partial charge in [-0.25, -0.2) is 10.4 Å². The average molecular weight is 410 g/mol. The summed E-state index contributed by atoms with van der Waals surface area (Å²) in [6.07, 6.45) is 5.22. The Balaban J connectivity index is 1.28. The van der Waals surface area contributed by atoms with E-state index in [4.69, 9.17) is 4.74 Å². The van der Waals surface area contributed by atoms with Crippen LogP contribution in [0.25, 0.3) is 17.1 Å². The van der Waals surface area contributed by atoms with Crippen LogP contribution in [0.15, 0.2) is 84.0 Å². The largest absolute Gasteiger partial charge is 0.486 e. The number of hydrogen-bond donors (Lipinski definition) is 2. The van der Waals surface area contributed by atoms with Gasteiger partial charge in [0.2, 0.25) is 0 Å². The number of amides is 1. The van der Waals surface area contributed by atoms with Crippen molar-refractivity contribution >= 4 is 29.2 Å². The van der Waals surface area contributed by atoms with E-state index in [9.17, 15) is 4.79 Å². The second-order valence-electron chi connectivity index (χ2n) is 7.01. The summed E-state index contributed by atoms with van der Waals surface area (Å²) in [7, 11) is 0. The van der Waals surface area contributed by atoms with Crippen LogP contribution in [-0.4, -0.2) is 22.1 Å². The fourth-order valence-electron chi connectivity index (χ4n) is 3.02. The number of aromatic amines is 1. The molecule has 4 rings (SSSR count). The first-order valence-electron chi connectivity index (χ1n) is 9.90. The lowest BCUT2D eigenvalue weighted by atomic mass is 10.2. The number of nitrogens with one attached hydrogen (secondary N) is 2. The number of carbonyl (C=O) groups is 1. The number of imidazole rings is 1. The molecule has 0 saturated carbocycles. The number of aromatic nitrogens is 2. The van der Waals surface area contributed by atoms with Gasteiger partial charge in [0.25, 0.3) is 5.91 Å². The molecule has 0 unspecified atom stereocenters. The van der Waals surface area contributed by atoms with Crippen molar-refractivity contribution in [1.29, 1.82) is 0 Å². The number of carbonyl (C=O) groups excluding carboxylic acids is 1. The lowest BCUT2D eigenvalue weighted by Gasteiger charge is -2.05. The minimum absolute atomic E-state index is 0.288. The van der Waals surface area contributed by atoms with Crippen molar-refractivity contribution in [2.45, 2.75) is 13.5 Å². The van der Waals surface area contributed by atoms with Crippen molar-refractivity contribution in [3.63, 3.8) is 0 Å². The first-order valence-corrected chi connectivity index (χ1v) is 9.90. The topological polar surface area (TPSA) is 79.4 Å². The van der Waals surface area contributed by atoms with Crippen LogP contribution in [0.3, 0.4) is 0 Å². The normalized spacial score (nSPS) is 11.4. The van der Waals surface area contributed by atoms with Crippen LogP contribution in [-0.2, 0) is 6.61 Å².